The number of hydrogen-bond donors (Lipinski definition) is 1. The van der Waals surface area contributed by atoms with Crippen LogP contribution < -0.4 is 10.1 Å². The fourth-order valence-electron chi connectivity index (χ4n) is 2.73. The van der Waals surface area contributed by atoms with Crippen LogP contribution in [0.2, 0.25) is 0 Å². The first-order valence-electron chi connectivity index (χ1n) is 8.59. The van der Waals surface area contributed by atoms with E-state index in [1.807, 2.05) is 36.1 Å². The molecule has 0 unspecified atom stereocenters. The van der Waals surface area contributed by atoms with Crippen LogP contribution in [0.25, 0.3) is 0 Å². The summed E-state index contributed by atoms with van der Waals surface area (Å²) in [6.07, 6.45) is 2.21. The van der Waals surface area contributed by atoms with E-state index in [1.54, 1.807) is 0 Å². The molecular weight excluding hydrogens is 306 g/mol. The maximum atomic E-state index is 12.2. The summed E-state index contributed by atoms with van der Waals surface area (Å²) in [4.78, 5) is 27.9. The van der Waals surface area contributed by atoms with Crippen molar-refractivity contribution in [2.45, 2.75) is 25.8 Å². The van der Waals surface area contributed by atoms with Gasteiger partial charge >= 0.3 is 0 Å². The van der Waals surface area contributed by atoms with Crippen LogP contribution >= 0.6 is 0 Å². The maximum absolute atomic E-state index is 12.2. The molecule has 6 heteroatoms. The lowest BCUT2D eigenvalue weighted by Crippen LogP contribution is -2.52. The van der Waals surface area contributed by atoms with Crippen LogP contribution in [0.3, 0.4) is 0 Å². The van der Waals surface area contributed by atoms with E-state index >= 15 is 0 Å². The third-order valence-electron chi connectivity index (χ3n) is 4.42. The molecule has 0 aromatic heterocycles. The average Bonchev–Trinajstić information content (AvgIpc) is 3.38. The van der Waals surface area contributed by atoms with Crippen molar-refractivity contribution in [3.8, 4) is 5.75 Å². The van der Waals surface area contributed by atoms with E-state index in [0.29, 0.717) is 31.4 Å². The number of aryl methyl sites for hydroxylation is 1. The molecule has 1 aliphatic heterocycles. The Hall–Kier alpha value is -2.08. The third-order valence-corrected chi connectivity index (χ3v) is 4.42. The number of amides is 2. The molecule has 0 radical (unpaired) electrons. The minimum Gasteiger partial charge on any atom is -0.484 e. The second kappa shape index (κ2) is 7.66. The molecule has 1 aliphatic carbocycles. The minimum atomic E-state index is -0.00217. The number of carbonyl (C=O) groups excluding carboxylic acids is 2. The lowest BCUT2D eigenvalue weighted by Gasteiger charge is -2.34. The predicted molar refractivity (Wildman–Crippen MR) is 90.9 cm³/mol. The van der Waals surface area contributed by atoms with Crippen molar-refractivity contribution in [2.24, 2.45) is 0 Å². The Balaban J connectivity index is 1.36. The van der Waals surface area contributed by atoms with E-state index in [-0.39, 0.29) is 18.4 Å². The zero-order valence-electron chi connectivity index (χ0n) is 14.2. The fraction of sp³-hybridized carbons (Fsp3) is 0.556. The van der Waals surface area contributed by atoms with E-state index in [2.05, 4.69) is 10.2 Å². The van der Waals surface area contributed by atoms with Gasteiger partial charge in [-0.05, 0) is 31.9 Å². The van der Waals surface area contributed by atoms with E-state index < -0.39 is 0 Å². The smallest absolute Gasteiger partial charge is 0.260 e. The highest BCUT2D eigenvalue weighted by molar-refractivity contribution is 5.79. The van der Waals surface area contributed by atoms with Crippen LogP contribution in [0.5, 0.6) is 5.75 Å². The summed E-state index contributed by atoms with van der Waals surface area (Å²) in [5, 5.41) is 3.00. The van der Waals surface area contributed by atoms with Crippen molar-refractivity contribution in [1.29, 1.82) is 0 Å². The molecule has 1 saturated heterocycles. The Morgan fingerprint density at radius 2 is 1.79 bits per heavy atom. The molecule has 130 valence electrons. The van der Waals surface area contributed by atoms with Crippen molar-refractivity contribution in [3.05, 3.63) is 29.8 Å². The molecule has 24 heavy (non-hydrogen) atoms. The Kier molecular flexibility index (Phi) is 5.35. The summed E-state index contributed by atoms with van der Waals surface area (Å²) >= 11 is 0. The van der Waals surface area contributed by atoms with Crippen molar-refractivity contribution >= 4 is 11.8 Å². The number of rotatable bonds is 6. The lowest BCUT2D eigenvalue weighted by atomic mass is 10.2. The van der Waals surface area contributed by atoms with Crippen LogP contribution in [0.4, 0.5) is 0 Å². The molecule has 1 aromatic rings. The molecule has 0 bridgehead atoms. The standard InChI is InChI=1S/C18H25N3O3/c1-14-2-6-16(7-3-14)24-13-18(23)21-10-8-20(9-11-21)12-17(22)19-15-4-5-15/h2-3,6-7,15H,4-5,8-13H2,1H3,(H,19,22). The molecule has 0 spiro atoms. The van der Waals surface area contributed by atoms with Crippen LogP contribution in [0.15, 0.2) is 24.3 Å². The number of ether oxygens (including phenoxy) is 1. The lowest BCUT2D eigenvalue weighted by molar-refractivity contribution is -0.135. The molecule has 6 nitrogen and oxygen atoms in total. The molecule has 1 N–H and O–H groups in total. The Morgan fingerprint density at radius 3 is 2.42 bits per heavy atom. The van der Waals surface area contributed by atoms with Gasteiger partial charge in [-0.1, -0.05) is 17.7 Å². The molecule has 3 rings (SSSR count). The van der Waals surface area contributed by atoms with Crippen molar-refractivity contribution in [2.75, 3.05) is 39.3 Å². The number of carbonyl (C=O) groups is 2. The number of hydrogen-bond acceptors (Lipinski definition) is 4. The van der Waals surface area contributed by atoms with Gasteiger partial charge in [-0.25, -0.2) is 0 Å². The highest BCUT2D eigenvalue weighted by atomic mass is 16.5. The van der Waals surface area contributed by atoms with Gasteiger partial charge in [0.15, 0.2) is 6.61 Å². The fourth-order valence-corrected chi connectivity index (χ4v) is 2.73. The SMILES string of the molecule is Cc1ccc(OCC(=O)N2CCN(CC(=O)NC3CC3)CC2)cc1. The quantitative estimate of drug-likeness (QED) is 0.837. The van der Waals surface area contributed by atoms with Crippen LogP contribution in [-0.4, -0.2) is 67.0 Å². The van der Waals surface area contributed by atoms with Crippen molar-refractivity contribution < 1.29 is 14.3 Å². The molecule has 1 saturated carbocycles. The molecule has 2 aliphatic rings. The zero-order chi connectivity index (χ0) is 16.9. The minimum absolute atomic E-state index is 0.00217. The van der Waals surface area contributed by atoms with Gasteiger partial charge in [-0.2, -0.15) is 0 Å². The van der Waals surface area contributed by atoms with Crippen molar-refractivity contribution in [1.82, 2.24) is 15.1 Å². The first-order chi connectivity index (χ1) is 11.6. The first kappa shape index (κ1) is 16.8. The number of piperazine rings is 1. The topological polar surface area (TPSA) is 61.9 Å². The van der Waals surface area contributed by atoms with Gasteiger partial charge in [0, 0.05) is 32.2 Å². The molecule has 0 atom stereocenters. The summed E-state index contributed by atoms with van der Waals surface area (Å²) in [5.74, 6) is 0.807. The number of nitrogens with one attached hydrogen (secondary N) is 1. The summed E-state index contributed by atoms with van der Waals surface area (Å²) in [6.45, 7) is 5.26. The van der Waals surface area contributed by atoms with Gasteiger partial charge in [0.2, 0.25) is 5.91 Å². The van der Waals surface area contributed by atoms with Gasteiger partial charge in [-0.15, -0.1) is 0 Å². The maximum Gasteiger partial charge on any atom is 0.260 e. The Labute approximate surface area is 142 Å². The predicted octanol–water partition coefficient (Wildman–Crippen LogP) is 0.797. The zero-order valence-corrected chi connectivity index (χ0v) is 14.2. The number of nitrogens with zero attached hydrogens (tertiary/aromatic N) is 2. The van der Waals surface area contributed by atoms with Crippen LogP contribution in [-0.2, 0) is 9.59 Å². The molecular formula is C18H25N3O3. The van der Waals surface area contributed by atoms with Gasteiger partial charge < -0.3 is 15.0 Å². The summed E-state index contributed by atoms with van der Waals surface area (Å²) in [7, 11) is 0. The third kappa shape index (κ3) is 4.96. The normalized spacial score (nSPS) is 18.3. The first-order valence-corrected chi connectivity index (χ1v) is 8.59. The van der Waals surface area contributed by atoms with Gasteiger partial charge in [-0.3, -0.25) is 14.5 Å². The van der Waals surface area contributed by atoms with Gasteiger partial charge in [0.05, 0.1) is 6.54 Å². The summed E-state index contributed by atoms with van der Waals surface area (Å²) < 4.78 is 5.55. The molecule has 2 fully saturated rings. The average molecular weight is 331 g/mol. The van der Waals surface area contributed by atoms with Crippen LogP contribution in [0.1, 0.15) is 18.4 Å². The molecule has 1 heterocycles. The number of benzene rings is 1. The van der Waals surface area contributed by atoms with E-state index in [9.17, 15) is 9.59 Å². The van der Waals surface area contributed by atoms with Crippen molar-refractivity contribution in [3.63, 3.8) is 0 Å². The second-order valence-electron chi connectivity index (χ2n) is 6.60. The molecule has 2 amide bonds. The highest BCUT2D eigenvalue weighted by Gasteiger charge is 2.26. The summed E-state index contributed by atoms with van der Waals surface area (Å²) in [6, 6.07) is 8.08. The Bertz CT molecular complexity index is 576. The van der Waals surface area contributed by atoms with Crippen LogP contribution in [0, 0.1) is 6.92 Å². The largest absolute Gasteiger partial charge is 0.484 e. The van der Waals surface area contributed by atoms with Gasteiger partial charge in [0.1, 0.15) is 5.75 Å². The monoisotopic (exact) mass is 331 g/mol. The molecule has 1 aromatic carbocycles. The van der Waals surface area contributed by atoms with Gasteiger partial charge in [0.25, 0.3) is 5.91 Å². The van der Waals surface area contributed by atoms with E-state index in [0.717, 1.165) is 31.5 Å². The summed E-state index contributed by atoms with van der Waals surface area (Å²) in [5.41, 5.74) is 1.16. The van der Waals surface area contributed by atoms with E-state index in [4.69, 9.17) is 4.74 Å². The van der Waals surface area contributed by atoms with E-state index in [1.165, 1.54) is 0 Å². The highest BCUT2D eigenvalue weighted by Crippen LogP contribution is 2.18. The Morgan fingerprint density at radius 1 is 1.12 bits per heavy atom. The second-order valence-corrected chi connectivity index (χ2v) is 6.60.